The first-order valence-corrected chi connectivity index (χ1v) is 9.22. The lowest BCUT2D eigenvalue weighted by atomic mass is 9.76. The third kappa shape index (κ3) is 2.19. The summed E-state index contributed by atoms with van der Waals surface area (Å²) in [4.78, 5) is 13.0. The van der Waals surface area contributed by atoms with Gasteiger partial charge in [-0.05, 0) is 62.4 Å². The molecule has 0 aromatic heterocycles. The Morgan fingerprint density at radius 2 is 1.88 bits per heavy atom. The second-order valence-corrected chi connectivity index (χ2v) is 8.38. The topological polar surface area (TPSA) is 29.5 Å². The molecule has 0 bridgehead atoms. The van der Waals surface area contributed by atoms with E-state index in [2.05, 4.69) is 48.8 Å². The first-order valence-electron chi connectivity index (χ1n) is 8.25. The van der Waals surface area contributed by atoms with E-state index >= 15 is 0 Å². The van der Waals surface area contributed by atoms with Crippen molar-refractivity contribution < 1.29 is 9.53 Å². The number of halogens is 1. The molecule has 0 unspecified atom stereocenters. The normalized spacial score (nSPS) is 24.3. The molecule has 2 aliphatic heterocycles. The van der Waals surface area contributed by atoms with E-state index in [4.69, 9.17) is 4.74 Å². The third-order valence-electron chi connectivity index (χ3n) is 5.28. The summed E-state index contributed by atoms with van der Waals surface area (Å²) in [7, 11) is 0. The standard InChI is InChI=1S/C20H20INO2/c1-19(2)11-10-13-12-14(8-9-17(13)24-19)20(3)15-6-4-5-7-16(15)22(21)18(20)23/h4-9,12H,10-11H2,1-3H3/t20-/m0/s1. The highest BCUT2D eigenvalue weighted by atomic mass is 127. The highest BCUT2D eigenvalue weighted by Crippen LogP contribution is 2.48. The zero-order valence-electron chi connectivity index (χ0n) is 14.1. The Kier molecular flexibility index (Phi) is 3.46. The maximum Gasteiger partial charge on any atom is 0.250 e. The SMILES string of the molecule is CC1(C)CCc2cc([C@]3(C)C(=O)N(I)c4ccccc43)ccc2O1. The first kappa shape index (κ1) is 15.9. The Bertz CT molecular complexity index is 845. The summed E-state index contributed by atoms with van der Waals surface area (Å²) in [6.07, 6.45) is 1.97. The molecule has 0 aliphatic carbocycles. The number of rotatable bonds is 1. The number of carbonyl (C=O) groups is 1. The van der Waals surface area contributed by atoms with Gasteiger partial charge in [0.1, 0.15) is 11.4 Å². The summed E-state index contributed by atoms with van der Waals surface area (Å²) >= 11 is 2.11. The van der Waals surface area contributed by atoms with Crippen molar-refractivity contribution in [2.24, 2.45) is 0 Å². The lowest BCUT2D eigenvalue weighted by Crippen LogP contribution is -2.36. The molecular formula is C20H20INO2. The molecule has 0 radical (unpaired) electrons. The van der Waals surface area contributed by atoms with Crippen molar-refractivity contribution in [2.75, 3.05) is 3.11 Å². The summed E-state index contributed by atoms with van der Waals surface area (Å²) < 4.78 is 7.83. The van der Waals surface area contributed by atoms with Crippen LogP contribution < -0.4 is 7.85 Å². The van der Waals surface area contributed by atoms with E-state index in [9.17, 15) is 4.79 Å². The molecule has 0 saturated heterocycles. The molecule has 0 N–H and O–H groups in total. The number of fused-ring (bicyclic) bond motifs is 2. The van der Waals surface area contributed by atoms with Crippen LogP contribution >= 0.6 is 22.9 Å². The molecule has 2 aromatic carbocycles. The minimum absolute atomic E-state index is 0.112. The Morgan fingerprint density at radius 1 is 1.12 bits per heavy atom. The molecule has 4 heteroatoms. The lowest BCUT2D eigenvalue weighted by Gasteiger charge is -2.33. The molecule has 0 fully saturated rings. The van der Waals surface area contributed by atoms with Crippen LogP contribution in [0.1, 0.15) is 43.9 Å². The summed E-state index contributed by atoms with van der Waals surface area (Å²) in [6.45, 7) is 6.27. The number of nitrogens with zero attached hydrogens (tertiary/aromatic N) is 1. The molecule has 24 heavy (non-hydrogen) atoms. The van der Waals surface area contributed by atoms with Crippen molar-refractivity contribution in [3.8, 4) is 5.75 Å². The highest BCUT2D eigenvalue weighted by Gasteiger charge is 2.48. The molecule has 2 aliphatic rings. The summed E-state index contributed by atoms with van der Waals surface area (Å²) in [5.41, 5.74) is 3.54. The van der Waals surface area contributed by atoms with E-state index in [0.717, 1.165) is 35.4 Å². The second kappa shape index (κ2) is 5.22. The maximum atomic E-state index is 13.0. The number of amides is 1. The van der Waals surface area contributed by atoms with Crippen LogP contribution in [0.25, 0.3) is 0 Å². The summed E-state index contributed by atoms with van der Waals surface area (Å²) in [6, 6.07) is 14.3. The van der Waals surface area contributed by atoms with Crippen LogP contribution in [0.3, 0.4) is 0 Å². The van der Waals surface area contributed by atoms with Crippen molar-refractivity contribution in [3.63, 3.8) is 0 Å². The van der Waals surface area contributed by atoms with Gasteiger partial charge in [0.05, 0.1) is 34.0 Å². The monoisotopic (exact) mass is 433 g/mol. The average molecular weight is 433 g/mol. The number of ether oxygens (including phenoxy) is 1. The molecule has 4 rings (SSSR count). The van der Waals surface area contributed by atoms with Crippen molar-refractivity contribution in [1.29, 1.82) is 0 Å². The number of para-hydroxylation sites is 1. The highest BCUT2D eigenvalue weighted by molar-refractivity contribution is 14.1. The molecule has 1 atom stereocenters. The van der Waals surface area contributed by atoms with Gasteiger partial charge in [-0.1, -0.05) is 30.3 Å². The number of hydrogen-bond acceptors (Lipinski definition) is 2. The second-order valence-electron chi connectivity index (χ2n) is 7.41. The van der Waals surface area contributed by atoms with Gasteiger partial charge in [0.25, 0.3) is 5.91 Å². The number of aryl methyl sites for hydroxylation is 1. The first-order chi connectivity index (χ1) is 11.3. The molecule has 0 saturated carbocycles. The van der Waals surface area contributed by atoms with Crippen molar-refractivity contribution in [2.45, 2.75) is 44.6 Å². The predicted octanol–water partition coefficient (Wildman–Crippen LogP) is 4.79. The van der Waals surface area contributed by atoms with E-state index in [1.807, 2.05) is 37.3 Å². The maximum absolute atomic E-state index is 13.0. The number of benzene rings is 2. The van der Waals surface area contributed by atoms with Gasteiger partial charge < -0.3 is 4.74 Å². The Balaban J connectivity index is 1.84. The van der Waals surface area contributed by atoms with Crippen LogP contribution in [0.4, 0.5) is 5.69 Å². The molecule has 1 amide bonds. The van der Waals surface area contributed by atoms with Crippen LogP contribution in [0.5, 0.6) is 5.75 Å². The van der Waals surface area contributed by atoms with Gasteiger partial charge in [-0.2, -0.15) is 0 Å². The van der Waals surface area contributed by atoms with Gasteiger partial charge in [-0.3, -0.25) is 7.91 Å². The third-order valence-corrected chi connectivity index (χ3v) is 6.24. The minimum Gasteiger partial charge on any atom is -0.488 e. The molecule has 124 valence electrons. The Morgan fingerprint density at radius 3 is 2.67 bits per heavy atom. The van der Waals surface area contributed by atoms with Gasteiger partial charge in [0.2, 0.25) is 0 Å². The van der Waals surface area contributed by atoms with E-state index in [0.29, 0.717) is 0 Å². The van der Waals surface area contributed by atoms with Gasteiger partial charge in [0.15, 0.2) is 0 Å². The average Bonchev–Trinajstić information content (AvgIpc) is 2.77. The Hall–Kier alpha value is -1.56. The van der Waals surface area contributed by atoms with Gasteiger partial charge in [0, 0.05) is 0 Å². The quantitative estimate of drug-likeness (QED) is 0.478. The largest absolute Gasteiger partial charge is 0.488 e. The van der Waals surface area contributed by atoms with Crippen LogP contribution in [0.2, 0.25) is 0 Å². The zero-order chi connectivity index (χ0) is 17.1. The summed E-state index contributed by atoms with van der Waals surface area (Å²) in [5.74, 6) is 1.06. The van der Waals surface area contributed by atoms with Crippen LogP contribution in [-0.2, 0) is 16.6 Å². The molecule has 3 nitrogen and oxygen atoms in total. The van der Waals surface area contributed by atoms with Crippen molar-refractivity contribution in [1.82, 2.24) is 0 Å². The smallest absolute Gasteiger partial charge is 0.250 e. The van der Waals surface area contributed by atoms with Crippen LogP contribution in [0.15, 0.2) is 42.5 Å². The fraction of sp³-hybridized carbons (Fsp3) is 0.350. The zero-order valence-corrected chi connectivity index (χ0v) is 16.3. The van der Waals surface area contributed by atoms with Crippen molar-refractivity contribution >= 4 is 34.5 Å². The fourth-order valence-electron chi connectivity index (χ4n) is 3.74. The number of hydrogen-bond donors (Lipinski definition) is 0. The van der Waals surface area contributed by atoms with E-state index in [1.165, 1.54) is 5.56 Å². The lowest BCUT2D eigenvalue weighted by molar-refractivity contribution is -0.119. The van der Waals surface area contributed by atoms with Gasteiger partial charge in [-0.15, -0.1) is 0 Å². The molecular weight excluding hydrogens is 413 g/mol. The minimum atomic E-state index is -0.639. The van der Waals surface area contributed by atoms with E-state index < -0.39 is 5.41 Å². The predicted molar refractivity (Wildman–Crippen MR) is 104 cm³/mol. The van der Waals surface area contributed by atoms with E-state index in [-0.39, 0.29) is 11.5 Å². The molecule has 0 spiro atoms. The van der Waals surface area contributed by atoms with Gasteiger partial charge >= 0.3 is 0 Å². The van der Waals surface area contributed by atoms with Crippen LogP contribution in [-0.4, -0.2) is 11.5 Å². The Labute approximate surface area is 156 Å². The molecule has 2 aromatic rings. The van der Waals surface area contributed by atoms with Gasteiger partial charge in [-0.25, -0.2) is 0 Å². The van der Waals surface area contributed by atoms with Crippen LogP contribution in [0, 0.1) is 0 Å². The molecule has 2 heterocycles. The van der Waals surface area contributed by atoms with Crippen molar-refractivity contribution in [3.05, 3.63) is 59.2 Å². The number of carbonyl (C=O) groups excluding carboxylic acids is 1. The summed E-state index contributed by atoms with van der Waals surface area (Å²) in [5, 5.41) is 0. The van der Waals surface area contributed by atoms with E-state index in [1.54, 1.807) is 3.11 Å². The fourth-order valence-corrected chi connectivity index (χ4v) is 4.64. The number of anilines is 1.